The van der Waals surface area contributed by atoms with E-state index in [-0.39, 0.29) is 11.6 Å². The topological polar surface area (TPSA) is 45.1 Å². The van der Waals surface area contributed by atoms with E-state index in [9.17, 15) is 9.50 Å². The van der Waals surface area contributed by atoms with Gasteiger partial charge in [-0.05, 0) is 84.6 Å². The molecule has 4 aromatic carbocycles. The van der Waals surface area contributed by atoms with E-state index < -0.39 is 0 Å². The monoisotopic (exact) mass is 534 g/mol. The predicted molar refractivity (Wildman–Crippen MR) is 151 cm³/mol. The summed E-state index contributed by atoms with van der Waals surface area (Å²) in [6, 6.07) is 27.3. The van der Waals surface area contributed by atoms with E-state index in [2.05, 4.69) is 4.90 Å². The number of benzene rings is 4. The summed E-state index contributed by atoms with van der Waals surface area (Å²) in [5.41, 5.74) is 3.69. The fraction of sp³-hybridized carbons (Fsp3) is 0.167. The van der Waals surface area contributed by atoms with Gasteiger partial charge in [0.25, 0.3) is 0 Å². The number of methoxy groups -OCH3 is 1. The zero-order valence-corrected chi connectivity index (χ0v) is 22.3. The van der Waals surface area contributed by atoms with Gasteiger partial charge in [0.2, 0.25) is 0 Å². The highest BCUT2D eigenvalue weighted by Gasteiger charge is 2.16. The largest absolute Gasteiger partial charge is 0.508 e. The molecule has 0 unspecified atom stereocenters. The van der Waals surface area contributed by atoms with Gasteiger partial charge in [0.05, 0.1) is 12.8 Å². The Morgan fingerprint density at radius 1 is 0.973 bits per heavy atom. The minimum atomic E-state index is -0.257. The molecule has 0 aromatic heterocycles. The summed E-state index contributed by atoms with van der Waals surface area (Å²) in [5.74, 6) is 0.710. The fourth-order valence-corrected chi connectivity index (χ4v) is 4.87. The second kappa shape index (κ2) is 12.7. The van der Waals surface area contributed by atoms with Crippen molar-refractivity contribution in [3.63, 3.8) is 0 Å². The van der Waals surface area contributed by atoms with E-state index in [1.54, 1.807) is 31.4 Å². The molecule has 0 bridgehead atoms. The lowest BCUT2D eigenvalue weighted by atomic mass is 10.1. The molecule has 0 aliphatic heterocycles. The summed E-state index contributed by atoms with van der Waals surface area (Å²) in [4.78, 5) is 8.15. The molecule has 0 aliphatic carbocycles. The molecule has 190 valence electrons. The summed E-state index contributed by atoms with van der Waals surface area (Å²) in [7, 11) is 1.64. The maximum absolute atomic E-state index is 13.5. The van der Waals surface area contributed by atoms with Crippen LogP contribution in [0.3, 0.4) is 0 Å². The van der Waals surface area contributed by atoms with E-state index in [1.165, 1.54) is 23.9 Å². The highest BCUT2D eigenvalue weighted by Crippen LogP contribution is 2.30. The standard InChI is InChI=1S/C30H28ClFN2O2S/c1-21-9-14-25(18-29(21)31)33-30(37-28-8-4-7-27(19-28)36-2)34(20-23-5-3-6-26(35)17-23)16-15-22-10-12-24(32)13-11-22/h3-14,17-19,35H,15-16,20H2,1-2H3. The number of hydrogen-bond donors (Lipinski definition) is 1. The van der Waals surface area contributed by atoms with Crippen LogP contribution in [0, 0.1) is 12.7 Å². The van der Waals surface area contributed by atoms with Crippen molar-refractivity contribution < 1.29 is 14.2 Å². The molecule has 37 heavy (non-hydrogen) atoms. The van der Waals surface area contributed by atoms with Gasteiger partial charge >= 0.3 is 0 Å². The smallest absolute Gasteiger partial charge is 0.169 e. The molecule has 0 fully saturated rings. The lowest BCUT2D eigenvalue weighted by Gasteiger charge is -2.26. The number of phenols is 1. The zero-order chi connectivity index (χ0) is 26.2. The fourth-order valence-electron chi connectivity index (χ4n) is 3.72. The Bertz CT molecular complexity index is 1380. The molecule has 1 N–H and O–H groups in total. The first kappa shape index (κ1) is 26.6. The molecule has 0 saturated heterocycles. The average Bonchev–Trinajstić information content (AvgIpc) is 2.89. The maximum Gasteiger partial charge on any atom is 0.169 e. The minimum absolute atomic E-state index is 0.209. The van der Waals surface area contributed by atoms with Crippen molar-refractivity contribution in [2.75, 3.05) is 13.7 Å². The first-order valence-corrected chi connectivity index (χ1v) is 13.0. The highest BCUT2D eigenvalue weighted by molar-refractivity contribution is 8.13. The third-order valence-electron chi connectivity index (χ3n) is 5.77. The van der Waals surface area contributed by atoms with Gasteiger partial charge in [0.1, 0.15) is 17.3 Å². The number of ether oxygens (including phenoxy) is 1. The Kier molecular flexibility index (Phi) is 9.09. The quantitative estimate of drug-likeness (QED) is 0.141. The summed E-state index contributed by atoms with van der Waals surface area (Å²) in [5, 5.41) is 11.5. The van der Waals surface area contributed by atoms with Crippen LogP contribution in [0.4, 0.5) is 10.1 Å². The second-order valence-corrected chi connectivity index (χ2v) is 10.0. The summed E-state index contributed by atoms with van der Waals surface area (Å²) < 4.78 is 18.9. The van der Waals surface area contributed by atoms with Crippen LogP contribution in [-0.2, 0) is 13.0 Å². The molecule has 0 heterocycles. The number of phenolic OH excluding ortho intramolecular Hbond substituents is 1. The average molecular weight is 535 g/mol. The Morgan fingerprint density at radius 2 is 1.76 bits per heavy atom. The lowest BCUT2D eigenvalue weighted by Crippen LogP contribution is -2.30. The van der Waals surface area contributed by atoms with Crippen LogP contribution < -0.4 is 4.74 Å². The van der Waals surface area contributed by atoms with Crippen molar-refractivity contribution in [1.82, 2.24) is 4.90 Å². The first-order chi connectivity index (χ1) is 17.9. The van der Waals surface area contributed by atoms with Crippen molar-refractivity contribution >= 4 is 34.2 Å². The second-order valence-electron chi connectivity index (χ2n) is 8.58. The summed E-state index contributed by atoms with van der Waals surface area (Å²) in [6.45, 7) is 3.10. The Labute approximate surface area is 226 Å². The molecular formula is C30H28ClFN2O2S. The zero-order valence-electron chi connectivity index (χ0n) is 20.7. The Balaban J connectivity index is 1.73. The number of hydrogen-bond acceptors (Lipinski definition) is 4. The Morgan fingerprint density at radius 3 is 2.49 bits per heavy atom. The number of amidine groups is 1. The third kappa shape index (κ3) is 7.75. The van der Waals surface area contributed by atoms with Crippen LogP contribution >= 0.6 is 23.4 Å². The van der Waals surface area contributed by atoms with Crippen LogP contribution in [0.25, 0.3) is 0 Å². The van der Waals surface area contributed by atoms with Gasteiger partial charge in [0.15, 0.2) is 5.17 Å². The van der Waals surface area contributed by atoms with Crippen LogP contribution in [0.15, 0.2) is 101 Å². The van der Waals surface area contributed by atoms with E-state index in [0.29, 0.717) is 24.5 Å². The van der Waals surface area contributed by atoms with Gasteiger partial charge in [-0.15, -0.1) is 0 Å². The molecule has 4 aromatic rings. The van der Waals surface area contributed by atoms with E-state index in [0.717, 1.165) is 38.2 Å². The molecule has 0 aliphatic rings. The third-order valence-corrected chi connectivity index (χ3v) is 7.20. The van der Waals surface area contributed by atoms with Gasteiger partial charge in [-0.1, -0.05) is 59.8 Å². The van der Waals surface area contributed by atoms with Crippen LogP contribution in [0.1, 0.15) is 16.7 Å². The number of aliphatic imine (C=N–C) groups is 1. The van der Waals surface area contributed by atoms with Gasteiger partial charge in [-0.2, -0.15) is 0 Å². The molecule has 0 atom stereocenters. The summed E-state index contributed by atoms with van der Waals surface area (Å²) >= 11 is 7.94. The van der Waals surface area contributed by atoms with Crippen LogP contribution in [0.5, 0.6) is 11.5 Å². The molecule has 4 rings (SSSR count). The Hall–Kier alpha value is -3.48. The number of aryl methyl sites for hydroxylation is 1. The van der Waals surface area contributed by atoms with Gasteiger partial charge in [-0.3, -0.25) is 0 Å². The van der Waals surface area contributed by atoms with Gasteiger partial charge in [-0.25, -0.2) is 9.38 Å². The SMILES string of the molecule is COc1cccc(SC(=Nc2ccc(C)c(Cl)c2)N(CCc2ccc(F)cc2)Cc2cccc(O)c2)c1. The van der Waals surface area contributed by atoms with Crippen molar-refractivity contribution in [2.24, 2.45) is 4.99 Å². The number of nitrogens with zero attached hydrogens (tertiary/aromatic N) is 2. The van der Waals surface area contributed by atoms with E-state index >= 15 is 0 Å². The van der Waals surface area contributed by atoms with Crippen molar-refractivity contribution in [3.8, 4) is 11.5 Å². The molecule has 0 radical (unpaired) electrons. The van der Waals surface area contributed by atoms with Crippen LogP contribution in [-0.4, -0.2) is 28.8 Å². The molecule has 4 nitrogen and oxygen atoms in total. The van der Waals surface area contributed by atoms with Crippen molar-refractivity contribution in [3.05, 3.63) is 119 Å². The molecular weight excluding hydrogens is 507 g/mol. The first-order valence-electron chi connectivity index (χ1n) is 11.8. The van der Waals surface area contributed by atoms with E-state index in [4.69, 9.17) is 21.3 Å². The molecule has 7 heteroatoms. The molecule has 0 amide bonds. The molecule has 0 spiro atoms. The van der Waals surface area contributed by atoms with E-state index in [1.807, 2.05) is 61.5 Å². The number of halogens is 2. The van der Waals surface area contributed by atoms with Gasteiger partial charge in [0, 0.05) is 23.0 Å². The van der Waals surface area contributed by atoms with Crippen LogP contribution in [0.2, 0.25) is 5.02 Å². The number of rotatable bonds is 8. The predicted octanol–water partition coefficient (Wildman–Crippen LogP) is 8.03. The normalized spacial score (nSPS) is 11.4. The van der Waals surface area contributed by atoms with Crippen molar-refractivity contribution in [2.45, 2.75) is 24.8 Å². The number of aromatic hydroxyl groups is 1. The van der Waals surface area contributed by atoms with Crippen molar-refractivity contribution in [1.29, 1.82) is 0 Å². The maximum atomic E-state index is 13.5. The number of thioether (sulfide) groups is 1. The highest BCUT2D eigenvalue weighted by atomic mass is 35.5. The van der Waals surface area contributed by atoms with Gasteiger partial charge < -0.3 is 14.7 Å². The molecule has 0 saturated carbocycles. The summed E-state index contributed by atoms with van der Waals surface area (Å²) in [6.07, 6.45) is 0.686. The lowest BCUT2D eigenvalue weighted by molar-refractivity contribution is 0.413. The minimum Gasteiger partial charge on any atom is -0.508 e.